The Balaban J connectivity index is 1.93. The maximum atomic E-state index is 11.4. The van der Waals surface area contributed by atoms with Crippen molar-refractivity contribution in [2.75, 3.05) is 5.73 Å². The van der Waals surface area contributed by atoms with E-state index in [0.717, 1.165) is 47.1 Å². The van der Waals surface area contributed by atoms with Crippen molar-refractivity contribution >= 4 is 33.7 Å². The Morgan fingerprint density at radius 1 is 1.10 bits per heavy atom. The van der Waals surface area contributed by atoms with E-state index in [4.69, 9.17) is 16.5 Å². The molecule has 30 heavy (non-hydrogen) atoms. The Morgan fingerprint density at radius 3 is 2.50 bits per heavy atom. The molecule has 0 saturated heterocycles. The van der Waals surface area contributed by atoms with E-state index in [1.807, 2.05) is 12.1 Å². The second kappa shape index (κ2) is 8.12. The van der Waals surface area contributed by atoms with Crippen LogP contribution in [0.25, 0.3) is 21.9 Å². The van der Waals surface area contributed by atoms with Crippen LogP contribution in [-0.4, -0.2) is 25.6 Å². The van der Waals surface area contributed by atoms with Crippen LogP contribution in [0, 0.1) is 0 Å². The van der Waals surface area contributed by atoms with E-state index in [1.165, 1.54) is 0 Å². The predicted octanol–water partition coefficient (Wildman–Crippen LogP) is 3.71. The molecule has 2 heterocycles. The number of aromatic nitrogens is 3. The lowest BCUT2D eigenvalue weighted by atomic mass is 10.1. The molecule has 5 N–H and O–H groups in total. The van der Waals surface area contributed by atoms with E-state index in [9.17, 15) is 9.90 Å². The van der Waals surface area contributed by atoms with Crippen LogP contribution >= 0.6 is 0 Å². The number of hydrogen-bond acceptors (Lipinski definition) is 5. The van der Waals surface area contributed by atoms with Crippen molar-refractivity contribution in [3.63, 3.8) is 0 Å². The van der Waals surface area contributed by atoms with Gasteiger partial charge in [-0.25, -0.2) is 14.8 Å². The van der Waals surface area contributed by atoms with Crippen molar-refractivity contribution in [1.29, 1.82) is 0 Å². The lowest BCUT2D eigenvalue weighted by Crippen LogP contribution is -2.06. The van der Waals surface area contributed by atoms with Crippen molar-refractivity contribution in [2.24, 2.45) is 5.73 Å². The molecular formula is C23H25N5O2. The van der Waals surface area contributed by atoms with Crippen LogP contribution in [-0.2, 0) is 19.5 Å². The molecule has 2 aromatic carbocycles. The SMILES string of the molecule is CCCCc1nc2c(N)nc3cc(C(=O)O)ccc3c2n1Cc1ccc(CN)cc1. The number of carbonyl (C=O) groups is 1. The van der Waals surface area contributed by atoms with Gasteiger partial charge in [-0.2, -0.15) is 0 Å². The largest absolute Gasteiger partial charge is 0.478 e. The summed E-state index contributed by atoms with van der Waals surface area (Å²) in [6.07, 6.45) is 2.91. The predicted molar refractivity (Wildman–Crippen MR) is 118 cm³/mol. The maximum Gasteiger partial charge on any atom is 0.335 e. The zero-order chi connectivity index (χ0) is 21.3. The minimum Gasteiger partial charge on any atom is -0.478 e. The van der Waals surface area contributed by atoms with Gasteiger partial charge in [-0.3, -0.25) is 0 Å². The van der Waals surface area contributed by atoms with Gasteiger partial charge in [-0.1, -0.05) is 37.6 Å². The number of carboxylic acid groups (broad SMARTS) is 1. The molecule has 154 valence electrons. The molecule has 0 aliphatic carbocycles. The van der Waals surface area contributed by atoms with Crippen molar-refractivity contribution in [2.45, 2.75) is 39.3 Å². The highest BCUT2D eigenvalue weighted by Crippen LogP contribution is 2.30. The third-order valence-electron chi connectivity index (χ3n) is 5.38. The summed E-state index contributed by atoms with van der Waals surface area (Å²) in [5.74, 6) is 0.280. The maximum absolute atomic E-state index is 11.4. The number of imidazole rings is 1. The first-order valence-corrected chi connectivity index (χ1v) is 10.1. The molecule has 2 aromatic heterocycles. The molecule has 0 fully saturated rings. The summed E-state index contributed by atoms with van der Waals surface area (Å²) < 4.78 is 2.18. The Bertz CT molecular complexity index is 1230. The first-order chi connectivity index (χ1) is 14.5. The number of nitrogens with zero attached hydrogens (tertiary/aromatic N) is 3. The lowest BCUT2D eigenvalue weighted by Gasteiger charge is -2.12. The second-order valence-electron chi connectivity index (χ2n) is 7.47. The number of nitrogen functional groups attached to an aromatic ring is 1. The third-order valence-corrected chi connectivity index (χ3v) is 5.38. The molecule has 0 aliphatic heterocycles. The zero-order valence-electron chi connectivity index (χ0n) is 16.9. The third kappa shape index (κ3) is 3.59. The number of nitrogens with two attached hydrogens (primary N) is 2. The minimum absolute atomic E-state index is 0.184. The Morgan fingerprint density at radius 2 is 1.83 bits per heavy atom. The normalized spacial score (nSPS) is 11.4. The first kappa shape index (κ1) is 19.8. The average molecular weight is 403 g/mol. The Kier molecular flexibility index (Phi) is 5.37. The highest BCUT2D eigenvalue weighted by Gasteiger charge is 2.18. The van der Waals surface area contributed by atoms with Gasteiger partial charge in [0.1, 0.15) is 11.3 Å². The van der Waals surface area contributed by atoms with Gasteiger partial charge in [-0.15, -0.1) is 0 Å². The van der Waals surface area contributed by atoms with Crippen molar-refractivity contribution in [3.8, 4) is 0 Å². The van der Waals surface area contributed by atoms with Crippen LogP contribution in [0.5, 0.6) is 0 Å². The Labute approximate surface area is 174 Å². The summed E-state index contributed by atoms with van der Waals surface area (Å²) in [5.41, 5.74) is 16.5. The van der Waals surface area contributed by atoms with E-state index in [1.54, 1.807) is 18.2 Å². The standard InChI is InChI=1S/C23H25N5O2/c1-2-3-4-19-27-20-21(28(19)13-15-7-5-14(12-24)6-8-15)17-10-9-16(23(29)30)11-18(17)26-22(20)25/h5-11H,2-4,12-13,24H2,1H3,(H2,25,26)(H,29,30). The number of hydrogen-bond donors (Lipinski definition) is 3. The van der Waals surface area contributed by atoms with Crippen LogP contribution in [0.3, 0.4) is 0 Å². The summed E-state index contributed by atoms with van der Waals surface area (Å²) in [6.45, 7) is 3.30. The number of unbranched alkanes of at least 4 members (excludes halogenated alkanes) is 1. The van der Waals surface area contributed by atoms with Crippen molar-refractivity contribution < 1.29 is 9.90 Å². The minimum atomic E-state index is -0.991. The van der Waals surface area contributed by atoms with Gasteiger partial charge in [0, 0.05) is 24.9 Å². The second-order valence-corrected chi connectivity index (χ2v) is 7.47. The summed E-state index contributed by atoms with van der Waals surface area (Å²) in [7, 11) is 0. The van der Waals surface area contributed by atoms with E-state index >= 15 is 0 Å². The highest BCUT2D eigenvalue weighted by molar-refractivity contribution is 6.08. The van der Waals surface area contributed by atoms with Crippen molar-refractivity contribution in [3.05, 3.63) is 65.0 Å². The lowest BCUT2D eigenvalue weighted by molar-refractivity contribution is 0.0697. The van der Waals surface area contributed by atoms with E-state index in [2.05, 4.69) is 28.6 Å². The molecule has 0 radical (unpaired) electrons. The molecule has 0 saturated carbocycles. The van der Waals surface area contributed by atoms with Gasteiger partial charge in [0.25, 0.3) is 0 Å². The van der Waals surface area contributed by atoms with Gasteiger partial charge in [0.05, 0.1) is 16.6 Å². The van der Waals surface area contributed by atoms with Gasteiger partial charge in [-0.05, 0) is 35.7 Å². The Hall–Kier alpha value is -3.45. The summed E-state index contributed by atoms with van der Waals surface area (Å²) in [6, 6.07) is 13.2. The number of aromatic carboxylic acids is 1. The fourth-order valence-electron chi connectivity index (χ4n) is 3.75. The summed E-state index contributed by atoms with van der Waals surface area (Å²) >= 11 is 0. The topological polar surface area (TPSA) is 120 Å². The quantitative estimate of drug-likeness (QED) is 0.433. The van der Waals surface area contributed by atoms with Gasteiger partial charge in [0.15, 0.2) is 5.82 Å². The van der Waals surface area contributed by atoms with Gasteiger partial charge in [0.2, 0.25) is 0 Å². The molecule has 4 rings (SSSR count). The average Bonchev–Trinajstić information content (AvgIpc) is 3.11. The van der Waals surface area contributed by atoms with Crippen LogP contribution in [0.15, 0.2) is 42.5 Å². The summed E-state index contributed by atoms with van der Waals surface area (Å²) in [4.78, 5) is 20.7. The first-order valence-electron chi connectivity index (χ1n) is 10.1. The number of anilines is 1. The van der Waals surface area contributed by atoms with E-state index < -0.39 is 5.97 Å². The zero-order valence-corrected chi connectivity index (χ0v) is 16.9. The van der Waals surface area contributed by atoms with E-state index in [-0.39, 0.29) is 5.56 Å². The van der Waals surface area contributed by atoms with Gasteiger partial charge < -0.3 is 21.1 Å². The fourth-order valence-corrected chi connectivity index (χ4v) is 3.75. The monoisotopic (exact) mass is 403 g/mol. The van der Waals surface area contributed by atoms with Crippen LogP contribution in [0.2, 0.25) is 0 Å². The molecule has 7 nitrogen and oxygen atoms in total. The smallest absolute Gasteiger partial charge is 0.335 e. The fraction of sp³-hybridized carbons (Fsp3) is 0.261. The van der Waals surface area contributed by atoms with E-state index in [0.29, 0.717) is 29.9 Å². The molecule has 0 bridgehead atoms. The molecular weight excluding hydrogens is 378 g/mol. The molecule has 4 aromatic rings. The summed E-state index contributed by atoms with van der Waals surface area (Å²) in [5, 5.41) is 10.2. The van der Waals surface area contributed by atoms with Crippen LogP contribution < -0.4 is 11.5 Å². The molecule has 0 amide bonds. The molecule has 0 aliphatic rings. The highest BCUT2D eigenvalue weighted by atomic mass is 16.4. The number of pyridine rings is 1. The van der Waals surface area contributed by atoms with Crippen molar-refractivity contribution in [1.82, 2.24) is 14.5 Å². The molecule has 0 unspecified atom stereocenters. The molecule has 0 spiro atoms. The number of benzene rings is 2. The number of rotatable bonds is 7. The molecule has 0 atom stereocenters. The number of carboxylic acids is 1. The number of aryl methyl sites for hydroxylation is 1. The van der Waals surface area contributed by atoms with Crippen LogP contribution in [0.4, 0.5) is 5.82 Å². The van der Waals surface area contributed by atoms with Crippen LogP contribution in [0.1, 0.15) is 47.1 Å². The number of fused-ring (bicyclic) bond motifs is 3. The molecule has 7 heteroatoms. The van der Waals surface area contributed by atoms with Gasteiger partial charge >= 0.3 is 5.97 Å².